The normalized spacial score (nSPS) is 17.2. The molecule has 0 bridgehead atoms. The molecule has 2 unspecified atom stereocenters. The average Bonchev–Trinajstić information content (AvgIpc) is 3.36. The van der Waals surface area contributed by atoms with E-state index in [4.69, 9.17) is 12.2 Å². The molecule has 8 heteroatoms. The Morgan fingerprint density at radius 2 is 1.81 bits per heavy atom. The number of rotatable bonds is 6. The van der Waals surface area contributed by atoms with Gasteiger partial charge in [-0.25, -0.2) is 0 Å². The van der Waals surface area contributed by atoms with Gasteiger partial charge in [-0.1, -0.05) is 6.07 Å². The van der Waals surface area contributed by atoms with Gasteiger partial charge in [-0.15, -0.1) is 0 Å². The maximum Gasteiger partial charge on any atom is 0.221 e. The van der Waals surface area contributed by atoms with Crippen LogP contribution in [0.1, 0.15) is 47.2 Å². The number of carbonyl (C=O) groups excluding carboxylic acids is 1. The SMILES string of the molecule is CC(=O)Nc1ccc(N2C(=S)NC(c3ccccn3)C2c2cc(C)n(Cc3ccncc3)c2C)cc1. The van der Waals surface area contributed by atoms with Gasteiger partial charge < -0.3 is 20.1 Å². The lowest BCUT2D eigenvalue weighted by Gasteiger charge is -2.28. The molecule has 5 rings (SSSR count). The number of amides is 1. The lowest BCUT2D eigenvalue weighted by molar-refractivity contribution is -0.114. The van der Waals surface area contributed by atoms with Gasteiger partial charge in [-0.05, 0) is 91.8 Å². The smallest absolute Gasteiger partial charge is 0.221 e. The molecule has 182 valence electrons. The van der Waals surface area contributed by atoms with Crippen molar-refractivity contribution in [3.8, 4) is 0 Å². The molecule has 36 heavy (non-hydrogen) atoms. The number of benzene rings is 1. The van der Waals surface area contributed by atoms with Crippen LogP contribution >= 0.6 is 12.2 Å². The van der Waals surface area contributed by atoms with Crippen LogP contribution in [0.2, 0.25) is 0 Å². The summed E-state index contributed by atoms with van der Waals surface area (Å²) in [6.07, 6.45) is 5.47. The van der Waals surface area contributed by atoms with Gasteiger partial charge in [0.25, 0.3) is 0 Å². The second-order valence-electron chi connectivity index (χ2n) is 8.99. The number of aromatic nitrogens is 3. The number of thiocarbonyl (C=S) groups is 1. The fraction of sp³-hybridized carbons (Fsp3) is 0.214. The van der Waals surface area contributed by atoms with Gasteiger partial charge in [0.15, 0.2) is 5.11 Å². The Labute approximate surface area is 216 Å². The summed E-state index contributed by atoms with van der Waals surface area (Å²) in [5, 5.41) is 7.00. The van der Waals surface area contributed by atoms with E-state index in [9.17, 15) is 4.79 Å². The Hall–Kier alpha value is -4.04. The summed E-state index contributed by atoms with van der Waals surface area (Å²) < 4.78 is 2.33. The Balaban J connectivity index is 1.58. The molecule has 0 saturated carbocycles. The Morgan fingerprint density at radius 1 is 1.06 bits per heavy atom. The number of hydrogen-bond donors (Lipinski definition) is 2. The van der Waals surface area contributed by atoms with E-state index in [1.54, 1.807) is 0 Å². The highest BCUT2D eigenvalue weighted by Crippen LogP contribution is 2.43. The van der Waals surface area contributed by atoms with Crippen LogP contribution in [0.3, 0.4) is 0 Å². The Bertz CT molecular complexity index is 1390. The number of nitrogens with one attached hydrogen (secondary N) is 2. The van der Waals surface area contributed by atoms with Crippen LogP contribution in [0.25, 0.3) is 0 Å². The average molecular weight is 497 g/mol. The van der Waals surface area contributed by atoms with Crippen molar-refractivity contribution in [2.75, 3.05) is 10.2 Å². The zero-order valence-corrected chi connectivity index (χ0v) is 21.3. The van der Waals surface area contributed by atoms with E-state index in [1.807, 2.05) is 73.2 Å². The zero-order valence-electron chi connectivity index (χ0n) is 20.5. The second-order valence-corrected chi connectivity index (χ2v) is 9.38. The van der Waals surface area contributed by atoms with Gasteiger partial charge in [-0.3, -0.25) is 14.8 Å². The summed E-state index contributed by atoms with van der Waals surface area (Å²) in [5.74, 6) is -0.101. The molecule has 0 spiro atoms. The molecule has 1 fully saturated rings. The van der Waals surface area contributed by atoms with E-state index in [1.165, 1.54) is 29.4 Å². The molecular weight excluding hydrogens is 468 g/mol. The van der Waals surface area contributed by atoms with Gasteiger partial charge >= 0.3 is 0 Å². The fourth-order valence-corrected chi connectivity index (χ4v) is 5.24. The molecule has 0 aliphatic carbocycles. The first-order valence-electron chi connectivity index (χ1n) is 11.9. The van der Waals surface area contributed by atoms with E-state index in [0.29, 0.717) is 5.11 Å². The number of carbonyl (C=O) groups is 1. The number of hydrogen-bond acceptors (Lipinski definition) is 4. The number of nitrogens with zero attached hydrogens (tertiary/aromatic N) is 4. The summed E-state index contributed by atoms with van der Waals surface area (Å²) in [4.78, 5) is 22.4. The third kappa shape index (κ3) is 4.59. The molecule has 1 aliphatic heterocycles. The van der Waals surface area contributed by atoms with E-state index >= 15 is 0 Å². The minimum absolute atomic E-state index is 0.101. The van der Waals surface area contributed by atoms with E-state index < -0.39 is 0 Å². The van der Waals surface area contributed by atoms with E-state index in [2.05, 4.69) is 50.0 Å². The maximum atomic E-state index is 11.5. The van der Waals surface area contributed by atoms with Crippen LogP contribution in [0, 0.1) is 13.8 Å². The van der Waals surface area contributed by atoms with Crippen LogP contribution in [0.15, 0.2) is 79.3 Å². The van der Waals surface area contributed by atoms with Gasteiger partial charge in [-0.2, -0.15) is 0 Å². The van der Waals surface area contributed by atoms with Gasteiger partial charge in [0, 0.05) is 54.8 Å². The minimum atomic E-state index is -0.122. The molecule has 2 atom stereocenters. The molecule has 7 nitrogen and oxygen atoms in total. The van der Waals surface area contributed by atoms with Crippen molar-refractivity contribution in [1.29, 1.82) is 0 Å². The lowest BCUT2D eigenvalue weighted by atomic mass is 9.96. The van der Waals surface area contributed by atoms with Gasteiger partial charge in [0.05, 0.1) is 17.8 Å². The molecular formula is C28H28N6OS. The van der Waals surface area contributed by atoms with Crippen LogP contribution in [0.5, 0.6) is 0 Å². The molecule has 0 radical (unpaired) electrons. The molecule has 1 amide bonds. The summed E-state index contributed by atoms with van der Waals surface area (Å²) in [7, 11) is 0. The third-order valence-corrected chi connectivity index (χ3v) is 6.90. The predicted molar refractivity (Wildman–Crippen MR) is 146 cm³/mol. The topological polar surface area (TPSA) is 75.1 Å². The minimum Gasteiger partial charge on any atom is -0.351 e. The van der Waals surface area contributed by atoms with Crippen LogP contribution < -0.4 is 15.5 Å². The third-order valence-electron chi connectivity index (χ3n) is 6.59. The zero-order chi connectivity index (χ0) is 25.2. The largest absolute Gasteiger partial charge is 0.351 e. The standard InChI is InChI=1S/C28H28N6OS/c1-18-16-24(19(2)33(18)17-21-11-14-29-15-12-21)27-26(25-6-4-5-13-30-25)32-28(36)34(27)23-9-7-22(8-10-23)31-20(3)35/h4-16,26-27H,17H2,1-3H3,(H,31,35)(H,32,36). The van der Waals surface area contributed by atoms with Crippen LogP contribution in [0.4, 0.5) is 11.4 Å². The van der Waals surface area contributed by atoms with Crippen molar-refractivity contribution < 1.29 is 4.79 Å². The van der Waals surface area contributed by atoms with E-state index in [0.717, 1.165) is 23.6 Å². The van der Waals surface area contributed by atoms with Gasteiger partial charge in [0.1, 0.15) is 0 Å². The Kier molecular flexibility index (Phi) is 6.52. The molecule has 1 aliphatic rings. The second kappa shape index (κ2) is 9.91. The monoisotopic (exact) mass is 496 g/mol. The highest BCUT2D eigenvalue weighted by Gasteiger charge is 2.42. The van der Waals surface area contributed by atoms with Crippen molar-refractivity contribution >= 4 is 34.6 Å². The van der Waals surface area contributed by atoms with Gasteiger partial charge in [0.2, 0.25) is 5.91 Å². The Morgan fingerprint density at radius 3 is 2.47 bits per heavy atom. The van der Waals surface area contributed by atoms with Crippen molar-refractivity contribution in [2.24, 2.45) is 0 Å². The number of aryl methyl sites for hydroxylation is 1. The quantitative estimate of drug-likeness (QED) is 0.363. The summed E-state index contributed by atoms with van der Waals surface area (Å²) in [6.45, 7) is 6.58. The van der Waals surface area contributed by atoms with Crippen LogP contribution in [-0.2, 0) is 11.3 Å². The molecule has 1 aromatic carbocycles. The predicted octanol–water partition coefficient (Wildman–Crippen LogP) is 5.08. The molecule has 3 aromatic heterocycles. The first-order valence-corrected chi connectivity index (χ1v) is 12.3. The summed E-state index contributed by atoms with van der Waals surface area (Å²) >= 11 is 5.87. The summed E-state index contributed by atoms with van der Waals surface area (Å²) in [6, 6.07) is 19.9. The fourth-order valence-electron chi connectivity index (χ4n) is 4.90. The number of pyridine rings is 2. The lowest BCUT2D eigenvalue weighted by Crippen LogP contribution is -2.29. The summed E-state index contributed by atoms with van der Waals surface area (Å²) in [5.41, 5.74) is 7.38. The molecule has 4 heterocycles. The maximum absolute atomic E-state index is 11.5. The number of anilines is 2. The molecule has 4 aromatic rings. The van der Waals surface area contributed by atoms with Crippen molar-refractivity contribution in [3.63, 3.8) is 0 Å². The first-order chi connectivity index (χ1) is 17.4. The van der Waals surface area contributed by atoms with Crippen LogP contribution in [-0.4, -0.2) is 25.6 Å². The highest BCUT2D eigenvalue weighted by atomic mass is 32.1. The highest BCUT2D eigenvalue weighted by molar-refractivity contribution is 7.80. The first kappa shape index (κ1) is 23.7. The van der Waals surface area contributed by atoms with Crippen molar-refractivity contribution in [1.82, 2.24) is 19.9 Å². The van der Waals surface area contributed by atoms with Crippen molar-refractivity contribution in [2.45, 2.75) is 39.4 Å². The molecule has 1 saturated heterocycles. The van der Waals surface area contributed by atoms with Crippen molar-refractivity contribution in [3.05, 3.63) is 107 Å². The van der Waals surface area contributed by atoms with E-state index in [-0.39, 0.29) is 18.0 Å². The molecule has 2 N–H and O–H groups in total.